The van der Waals surface area contributed by atoms with Gasteiger partial charge in [-0.05, 0) is 24.6 Å². The summed E-state index contributed by atoms with van der Waals surface area (Å²) in [4.78, 5) is 13.0. The quantitative estimate of drug-likeness (QED) is 0.535. The molecule has 7 nitrogen and oxygen atoms in total. The van der Waals surface area contributed by atoms with Gasteiger partial charge in [0, 0.05) is 0 Å². The predicted octanol–water partition coefficient (Wildman–Crippen LogP) is 3.54. The first-order chi connectivity index (χ1) is 12.6. The molecule has 0 amide bonds. The number of aryl methyl sites for hydroxylation is 1. The van der Waals surface area contributed by atoms with Crippen LogP contribution in [0.4, 0.5) is 0 Å². The Hall–Kier alpha value is -3.39. The second-order valence-electron chi connectivity index (χ2n) is 5.56. The Morgan fingerprint density at radius 2 is 1.92 bits per heavy atom. The summed E-state index contributed by atoms with van der Waals surface area (Å²) < 4.78 is 6.72. The number of carbonyl (C=O) groups is 1. The van der Waals surface area contributed by atoms with E-state index in [1.165, 1.54) is 27.5 Å². The second kappa shape index (κ2) is 6.16. The number of hydrogen-bond acceptors (Lipinski definition) is 7. The van der Waals surface area contributed by atoms with Gasteiger partial charge in [0.15, 0.2) is 11.5 Å². The van der Waals surface area contributed by atoms with Crippen molar-refractivity contribution in [1.29, 1.82) is 0 Å². The van der Waals surface area contributed by atoms with Crippen molar-refractivity contribution in [2.45, 2.75) is 6.92 Å². The molecule has 4 rings (SSSR count). The van der Waals surface area contributed by atoms with Crippen molar-refractivity contribution in [2.75, 3.05) is 0 Å². The standard InChI is InChI=1S/C18H13N3O4S/c1-10-7-8-12(25-10)15(22)13-14(11-5-3-2-4-6-11)21(17(24)16(13)23)18-20-19-9-26-18/h2-9,23-24H,1H3. The van der Waals surface area contributed by atoms with Crippen LogP contribution >= 0.6 is 11.3 Å². The van der Waals surface area contributed by atoms with Crippen molar-refractivity contribution >= 4 is 17.1 Å². The average molecular weight is 367 g/mol. The zero-order valence-corrected chi connectivity index (χ0v) is 14.4. The number of nitrogens with zero attached hydrogens (tertiary/aromatic N) is 3. The fourth-order valence-electron chi connectivity index (χ4n) is 2.76. The summed E-state index contributed by atoms with van der Waals surface area (Å²) in [6, 6.07) is 12.2. The first-order valence-corrected chi connectivity index (χ1v) is 8.55. The van der Waals surface area contributed by atoms with E-state index in [4.69, 9.17) is 4.42 Å². The van der Waals surface area contributed by atoms with E-state index in [2.05, 4.69) is 10.2 Å². The van der Waals surface area contributed by atoms with Crippen LogP contribution in [-0.4, -0.2) is 30.8 Å². The molecule has 26 heavy (non-hydrogen) atoms. The lowest BCUT2D eigenvalue weighted by Crippen LogP contribution is -2.04. The first kappa shape index (κ1) is 16.1. The van der Waals surface area contributed by atoms with Crippen molar-refractivity contribution in [3.05, 3.63) is 65.1 Å². The summed E-state index contributed by atoms with van der Waals surface area (Å²) in [7, 11) is 0. The zero-order valence-electron chi connectivity index (χ0n) is 13.6. The first-order valence-electron chi connectivity index (χ1n) is 7.67. The molecular formula is C18H13N3O4S. The maximum Gasteiger partial charge on any atom is 0.242 e. The molecule has 0 fully saturated rings. The molecule has 0 spiro atoms. The van der Waals surface area contributed by atoms with Gasteiger partial charge in [-0.1, -0.05) is 41.7 Å². The fourth-order valence-corrected chi connectivity index (χ4v) is 3.33. The molecule has 0 unspecified atom stereocenters. The number of hydrogen-bond donors (Lipinski definition) is 2. The van der Waals surface area contributed by atoms with Crippen molar-refractivity contribution in [1.82, 2.24) is 14.8 Å². The van der Waals surface area contributed by atoms with Crippen LogP contribution in [0.25, 0.3) is 16.4 Å². The third-order valence-corrected chi connectivity index (χ3v) is 4.57. The van der Waals surface area contributed by atoms with Gasteiger partial charge in [-0.3, -0.25) is 9.36 Å². The largest absolute Gasteiger partial charge is 0.503 e. The highest BCUT2D eigenvalue weighted by atomic mass is 32.1. The Morgan fingerprint density at radius 3 is 2.54 bits per heavy atom. The summed E-state index contributed by atoms with van der Waals surface area (Å²) in [5.41, 5.74) is 2.39. The van der Waals surface area contributed by atoms with E-state index in [1.54, 1.807) is 37.3 Å². The summed E-state index contributed by atoms with van der Waals surface area (Å²) >= 11 is 1.17. The highest BCUT2D eigenvalue weighted by molar-refractivity contribution is 7.11. The average Bonchev–Trinajstić information content (AvgIpc) is 3.37. The van der Waals surface area contributed by atoms with Gasteiger partial charge in [0.25, 0.3) is 0 Å². The van der Waals surface area contributed by atoms with Gasteiger partial charge >= 0.3 is 0 Å². The molecule has 0 aliphatic rings. The van der Waals surface area contributed by atoms with E-state index < -0.39 is 17.4 Å². The van der Waals surface area contributed by atoms with Crippen LogP contribution < -0.4 is 0 Å². The molecule has 8 heteroatoms. The van der Waals surface area contributed by atoms with E-state index in [-0.39, 0.29) is 11.3 Å². The van der Waals surface area contributed by atoms with Crippen LogP contribution in [0.5, 0.6) is 11.6 Å². The van der Waals surface area contributed by atoms with Crippen LogP contribution in [0.2, 0.25) is 0 Å². The highest BCUT2D eigenvalue weighted by Gasteiger charge is 2.31. The van der Waals surface area contributed by atoms with Gasteiger partial charge in [0.1, 0.15) is 11.3 Å². The van der Waals surface area contributed by atoms with Crippen molar-refractivity contribution in [3.63, 3.8) is 0 Å². The second-order valence-corrected chi connectivity index (χ2v) is 6.37. The summed E-state index contributed by atoms with van der Waals surface area (Å²) in [5.74, 6) is -0.898. The minimum Gasteiger partial charge on any atom is -0.503 e. The molecule has 0 aliphatic carbocycles. The monoisotopic (exact) mass is 367 g/mol. The molecule has 0 atom stereocenters. The van der Waals surface area contributed by atoms with Crippen LogP contribution in [0, 0.1) is 6.92 Å². The van der Waals surface area contributed by atoms with Crippen LogP contribution in [-0.2, 0) is 0 Å². The molecule has 2 N–H and O–H groups in total. The van der Waals surface area contributed by atoms with Gasteiger partial charge in [-0.15, -0.1) is 10.2 Å². The smallest absolute Gasteiger partial charge is 0.242 e. The predicted molar refractivity (Wildman–Crippen MR) is 94.9 cm³/mol. The van der Waals surface area contributed by atoms with Crippen LogP contribution in [0.1, 0.15) is 21.9 Å². The van der Waals surface area contributed by atoms with Crippen molar-refractivity contribution < 1.29 is 19.4 Å². The van der Waals surface area contributed by atoms with Crippen molar-refractivity contribution in [3.8, 4) is 28.0 Å². The molecule has 0 bridgehead atoms. The molecule has 0 saturated heterocycles. The van der Waals surface area contributed by atoms with Gasteiger partial charge in [-0.25, -0.2) is 0 Å². The number of rotatable bonds is 4. The highest BCUT2D eigenvalue weighted by Crippen LogP contribution is 2.44. The molecule has 130 valence electrons. The Kier molecular flexibility index (Phi) is 3.81. The Balaban J connectivity index is 2.02. The fraction of sp³-hybridized carbons (Fsp3) is 0.0556. The molecule has 0 saturated carbocycles. The summed E-state index contributed by atoms with van der Waals surface area (Å²) in [5, 5.41) is 29.1. The lowest BCUT2D eigenvalue weighted by molar-refractivity contribution is 0.101. The minimum atomic E-state index is -0.534. The third-order valence-electron chi connectivity index (χ3n) is 3.90. The van der Waals surface area contributed by atoms with Crippen molar-refractivity contribution in [2.24, 2.45) is 0 Å². The lowest BCUT2D eigenvalue weighted by Gasteiger charge is -2.08. The molecular weight excluding hydrogens is 354 g/mol. The topological polar surface area (TPSA) is 101 Å². The van der Waals surface area contributed by atoms with Gasteiger partial charge in [0.05, 0.1) is 11.3 Å². The molecule has 1 aromatic carbocycles. The molecule has 0 radical (unpaired) electrons. The van der Waals surface area contributed by atoms with E-state index in [0.29, 0.717) is 22.1 Å². The van der Waals surface area contributed by atoms with Crippen LogP contribution in [0.3, 0.4) is 0 Å². The Morgan fingerprint density at radius 1 is 1.15 bits per heavy atom. The van der Waals surface area contributed by atoms with Gasteiger partial charge < -0.3 is 14.6 Å². The minimum absolute atomic E-state index is 0.0572. The molecule has 0 aliphatic heterocycles. The van der Waals surface area contributed by atoms with Gasteiger partial charge in [-0.2, -0.15) is 0 Å². The van der Waals surface area contributed by atoms with E-state index in [9.17, 15) is 15.0 Å². The molecule has 4 aromatic rings. The maximum atomic E-state index is 13.0. The Labute approximate surface area is 151 Å². The summed E-state index contributed by atoms with van der Waals surface area (Å²) in [6.45, 7) is 1.72. The van der Waals surface area contributed by atoms with Crippen LogP contribution in [0.15, 0.2) is 52.4 Å². The number of aromatic hydroxyl groups is 2. The third kappa shape index (κ3) is 2.47. The van der Waals surface area contributed by atoms with E-state index in [0.717, 1.165) is 0 Å². The SMILES string of the molecule is Cc1ccc(C(=O)c2c(O)c(O)n(-c3nncs3)c2-c2ccccc2)o1. The molecule has 3 heterocycles. The number of furan rings is 1. The molecule has 3 aromatic heterocycles. The number of benzene rings is 1. The number of carbonyl (C=O) groups excluding carboxylic acids is 1. The zero-order chi connectivity index (χ0) is 18.3. The normalized spacial score (nSPS) is 11.0. The number of ketones is 1. The number of aromatic nitrogens is 3. The van der Waals surface area contributed by atoms with Gasteiger partial charge in [0.2, 0.25) is 16.8 Å². The van der Waals surface area contributed by atoms with E-state index >= 15 is 0 Å². The summed E-state index contributed by atoms with van der Waals surface area (Å²) in [6.07, 6.45) is 0. The maximum absolute atomic E-state index is 13.0. The van der Waals surface area contributed by atoms with E-state index in [1.807, 2.05) is 6.07 Å². The lowest BCUT2D eigenvalue weighted by atomic mass is 10.0. The Bertz CT molecular complexity index is 1080.